The number of aryl methyl sites for hydroxylation is 1. The first kappa shape index (κ1) is 28.8. The lowest BCUT2D eigenvalue weighted by molar-refractivity contribution is -0.00397. The van der Waals surface area contributed by atoms with Crippen LogP contribution in [0.5, 0.6) is 0 Å². The number of nitrogens with one attached hydrogen (secondary N) is 1. The molecule has 0 amide bonds. The fraction of sp³-hybridized carbons (Fsp3) is 0.303. The number of carbonyl (C=O) groups is 1. The second-order valence-electron chi connectivity index (χ2n) is 10.8. The lowest BCUT2D eigenvalue weighted by Gasteiger charge is -2.28. The topological polar surface area (TPSA) is 78.8 Å². The Balaban J connectivity index is 1.36. The fourth-order valence-corrected chi connectivity index (χ4v) is 5.35. The van der Waals surface area contributed by atoms with E-state index >= 15 is 0 Å². The van der Waals surface area contributed by atoms with Crippen molar-refractivity contribution in [1.29, 1.82) is 0 Å². The second kappa shape index (κ2) is 12.3. The van der Waals surface area contributed by atoms with Crippen LogP contribution in [-0.4, -0.2) is 41.0 Å². The Kier molecular flexibility index (Phi) is 9.08. The number of hydrogen-bond acceptors (Lipinski definition) is 4. The molecule has 39 heavy (non-hydrogen) atoms. The van der Waals surface area contributed by atoms with Crippen LogP contribution in [0.25, 0.3) is 21.9 Å². The van der Waals surface area contributed by atoms with E-state index in [0.29, 0.717) is 12.1 Å². The average Bonchev–Trinajstić information content (AvgIpc) is 2.89. The van der Waals surface area contributed by atoms with Gasteiger partial charge in [-0.1, -0.05) is 84.4 Å². The number of hydrogen-bond donors (Lipinski definition) is 3. The summed E-state index contributed by atoms with van der Waals surface area (Å²) in [7, 11) is 0. The van der Waals surface area contributed by atoms with Gasteiger partial charge < -0.3 is 20.3 Å². The van der Waals surface area contributed by atoms with Gasteiger partial charge in [-0.2, -0.15) is 0 Å². The van der Waals surface area contributed by atoms with Crippen molar-refractivity contribution in [2.45, 2.75) is 51.9 Å². The highest BCUT2D eigenvalue weighted by atomic mass is 35.5. The summed E-state index contributed by atoms with van der Waals surface area (Å²) in [4.78, 5) is 11.5. The molecule has 4 rings (SSSR count). The molecule has 0 fully saturated rings. The Morgan fingerprint density at radius 2 is 1.69 bits per heavy atom. The molecule has 0 aliphatic heterocycles. The molecule has 204 valence electrons. The van der Waals surface area contributed by atoms with Crippen molar-refractivity contribution in [1.82, 2.24) is 5.32 Å². The first-order valence-corrected chi connectivity index (χ1v) is 13.6. The summed E-state index contributed by atoms with van der Waals surface area (Å²) < 4.78 is 6.09. The van der Waals surface area contributed by atoms with Gasteiger partial charge in [-0.15, -0.1) is 0 Å². The lowest BCUT2D eigenvalue weighted by Crippen LogP contribution is -2.46. The predicted octanol–water partition coefficient (Wildman–Crippen LogP) is 7.22. The normalized spacial score (nSPS) is 13.4. The molecule has 6 heteroatoms. The number of aliphatic hydroxyl groups excluding tert-OH is 1. The van der Waals surface area contributed by atoms with Crippen LogP contribution in [0.3, 0.4) is 0 Å². The number of ether oxygens (including phenoxy) is 1. The van der Waals surface area contributed by atoms with Gasteiger partial charge in [-0.25, -0.2) is 4.79 Å². The fourth-order valence-electron chi connectivity index (χ4n) is 5.00. The van der Waals surface area contributed by atoms with Crippen LogP contribution in [0, 0.1) is 6.92 Å². The van der Waals surface area contributed by atoms with Crippen molar-refractivity contribution >= 4 is 28.3 Å². The summed E-state index contributed by atoms with van der Waals surface area (Å²) in [6.45, 7) is 8.54. The van der Waals surface area contributed by atoms with Gasteiger partial charge in [0, 0.05) is 12.1 Å². The van der Waals surface area contributed by atoms with Gasteiger partial charge in [0.15, 0.2) is 0 Å². The molecule has 0 aliphatic carbocycles. The molecular formula is C33H36ClNO4. The first-order valence-electron chi connectivity index (χ1n) is 13.2. The molecule has 0 saturated carbocycles. The van der Waals surface area contributed by atoms with Crippen LogP contribution in [0.2, 0.25) is 5.02 Å². The van der Waals surface area contributed by atoms with E-state index < -0.39 is 12.1 Å². The highest BCUT2D eigenvalue weighted by Crippen LogP contribution is 2.34. The maximum absolute atomic E-state index is 11.5. The number of halogens is 1. The van der Waals surface area contributed by atoms with E-state index in [1.54, 1.807) is 13.0 Å². The van der Waals surface area contributed by atoms with Crippen LogP contribution in [0.15, 0.2) is 78.9 Å². The number of aromatic carboxylic acids is 1. The smallest absolute Gasteiger partial charge is 0.337 e. The Labute approximate surface area is 235 Å². The van der Waals surface area contributed by atoms with E-state index in [1.807, 2.05) is 43.3 Å². The molecule has 3 N–H and O–H groups in total. The van der Waals surface area contributed by atoms with Crippen molar-refractivity contribution in [3.8, 4) is 11.1 Å². The van der Waals surface area contributed by atoms with Crippen LogP contribution >= 0.6 is 11.6 Å². The number of carboxylic acid groups (broad SMARTS) is 1. The molecule has 0 bridgehead atoms. The summed E-state index contributed by atoms with van der Waals surface area (Å²) in [6.07, 6.45) is -0.139. The van der Waals surface area contributed by atoms with Gasteiger partial charge in [0.05, 0.1) is 29.4 Å². The lowest BCUT2D eigenvalue weighted by atomic mass is 9.93. The predicted molar refractivity (Wildman–Crippen MR) is 159 cm³/mol. The van der Waals surface area contributed by atoms with Gasteiger partial charge in [0.25, 0.3) is 0 Å². The molecule has 4 aromatic rings. The number of β-amino-alcohol motifs (C(OH)–C–C–N with tert-alkyl or cyclic N) is 1. The van der Waals surface area contributed by atoms with Crippen LogP contribution in [-0.2, 0) is 11.2 Å². The highest BCUT2D eigenvalue weighted by Gasteiger charge is 2.21. The first-order chi connectivity index (χ1) is 18.5. The van der Waals surface area contributed by atoms with Crippen LogP contribution < -0.4 is 5.32 Å². The van der Waals surface area contributed by atoms with Crippen molar-refractivity contribution in [3.05, 3.63) is 106 Å². The molecular weight excluding hydrogens is 510 g/mol. The zero-order valence-corrected chi connectivity index (χ0v) is 23.6. The minimum absolute atomic E-state index is 0.112. The third-order valence-corrected chi connectivity index (χ3v) is 7.32. The van der Waals surface area contributed by atoms with Crippen LogP contribution in [0.4, 0.5) is 0 Å². The van der Waals surface area contributed by atoms with Crippen molar-refractivity contribution in [3.63, 3.8) is 0 Å². The summed E-state index contributed by atoms with van der Waals surface area (Å²) in [6, 6.07) is 26.2. The van der Waals surface area contributed by atoms with Crippen molar-refractivity contribution < 1.29 is 19.7 Å². The largest absolute Gasteiger partial charge is 0.478 e. The quantitative estimate of drug-likeness (QED) is 0.185. The average molecular weight is 546 g/mol. The van der Waals surface area contributed by atoms with Gasteiger partial charge in [-0.3, -0.25) is 0 Å². The van der Waals surface area contributed by atoms with Gasteiger partial charge in [0.1, 0.15) is 0 Å². The third kappa shape index (κ3) is 7.25. The zero-order chi connectivity index (χ0) is 28.2. The minimum atomic E-state index is -1.04. The summed E-state index contributed by atoms with van der Waals surface area (Å²) in [5.74, 6) is -1.04. The van der Waals surface area contributed by atoms with E-state index in [-0.39, 0.29) is 28.8 Å². The monoisotopic (exact) mass is 545 g/mol. The van der Waals surface area contributed by atoms with Crippen LogP contribution in [0.1, 0.15) is 53.9 Å². The minimum Gasteiger partial charge on any atom is -0.478 e. The molecule has 2 atom stereocenters. The Hall–Kier alpha value is -3.22. The van der Waals surface area contributed by atoms with Gasteiger partial charge >= 0.3 is 5.97 Å². The van der Waals surface area contributed by atoms with E-state index in [9.17, 15) is 15.0 Å². The Morgan fingerprint density at radius 3 is 2.41 bits per heavy atom. The van der Waals surface area contributed by atoms with E-state index in [0.717, 1.165) is 23.1 Å². The number of benzene rings is 4. The molecule has 5 nitrogen and oxygen atoms in total. The molecule has 0 heterocycles. The second-order valence-corrected chi connectivity index (χ2v) is 11.2. The molecule has 4 aromatic carbocycles. The number of carboxylic acids is 1. The van der Waals surface area contributed by atoms with Crippen molar-refractivity contribution in [2.75, 3.05) is 13.2 Å². The maximum atomic E-state index is 11.5. The van der Waals surface area contributed by atoms with E-state index in [1.165, 1.54) is 16.3 Å². The summed E-state index contributed by atoms with van der Waals surface area (Å²) >= 11 is 6.31. The van der Waals surface area contributed by atoms with Gasteiger partial charge in [0.2, 0.25) is 0 Å². The number of rotatable bonds is 11. The Morgan fingerprint density at radius 1 is 1.00 bits per heavy atom. The molecule has 0 radical (unpaired) electrons. The summed E-state index contributed by atoms with van der Waals surface area (Å²) in [5.41, 5.74) is 4.42. The standard InChI is InChI=1S/C33H36ClNO4/c1-21-15-26(17-30(34)31(21)32(37)38)29-12-8-7-11-28(29)22(2)39-20-27(36)19-35-33(3,4)18-23-13-14-24-9-5-6-10-25(24)16-23/h5-17,22,27,35-36H,18-20H2,1-4H3,(H,37,38)/t22-,27-/m1/s1. The van der Waals surface area contributed by atoms with Gasteiger partial charge in [-0.05, 0) is 78.8 Å². The Bertz CT molecular complexity index is 1440. The number of fused-ring (bicyclic) bond motifs is 1. The molecule has 0 spiro atoms. The molecule has 0 unspecified atom stereocenters. The molecule has 0 aliphatic rings. The maximum Gasteiger partial charge on any atom is 0.337 e. The number of aliphatic hydroxyl groups is 1. The zero-order valence-electron chi connectivity index (χ0n) is 22.9. The third-order valence-electron chi connectivity index (χ3n) is 7.03. The van der Waals surface area contributed by atoms with E-state index in [4.69, 9.17) is 16.3 Å². The van der Waals surface area contributed by atoms with Crippen molar-refractivity contribution in [2.24, 2.45) is 0 Å². The molecule has 0 saturated heterocycles. The SMILES string of the molecule is Cc1cc(-c2ccccc2[C@@H](C)OC[C@H](O)CNC(C)(C)Cc2ccc3ccccc3c2)cc(Cl)c1C(=O)O. The molecule has 0 aromatic heterocycles. The highest BCUT2D eigenvalue weighted by molar-refractivity contribution is 6.34. The van der Waals surface area contributed by atoms with E-state index in [2.05, 4.69) is 55.6 Å². The summed E-state index contributed by atoms with van der Waals surface area (Å²) in [5, 5.41) is 26.3.